The Morgan fingerprint density at radius 2 is 2.30 bits per heavy atom. The van der Waals surface area contributed by atoms with E-state index in [1.54, 1.807) is 23.9 Å². The van der Waals surface area contributed by atoms with Gasteiger partial charge in [0.05, 0.1) is 35.2 Å². The highest BCUT2D eigenvalue weighted by Crippen LogP contribution is 2.32. The van der Waals surface area contributed by atoms with E-state index in [1.807, 2.05) is 29.1 Å². The Morgan fingerprint density at radius 3 is 3.00 bits per heavy atom. The number of carboxylic acids is 1. The summed E-state index contributed by atoms with van der Waals surface area (Å²) in [5, 5.41) is 11.7. The van der Waals surface area contributed by atoms with Gasteiger partial charge in [-0.1, -0.05) is 0 Å². The van der Waals surface area contributed by atoms with Crippen molar-refractivity contribution in [1.29, 1.82) is 0 Å². The maximum Gasteiger partial charge on any atom is 0.308 e. The molecule has 0 unspecified atom stereocenters. The fourth-order valence-electron chi connectivity index (χ4n) is 1.83. The number of thiophene rings is 1. The summed E-state index contributed by atoms with van der Waals surface area (Å²) in [7, 11) is 1.93. The molecule has 3 aromatic rings. The lowest BCUT2D eigenvalue weighted by Gasteiger charge is -1.95. The number of hydrogen-bond donors (Lipinski definition) is 1. The fraction of sp³-hybridized carbons (Fsp3) is 0.154. The number of carbonyl (C=O) groups is 1. The first-order valence-corrected chi connectivity index (χ1v) is 7.56. The molecule has 0 bridgehead atoms. The van der Waals surface area contributed by atoms with Gasteiger partial charge in [-0.2, -0.15) is 0 Å². The molecule has 0 aliphatic rings. The quantitative estimate of drug-likeness (QED) is 0.804. The van der Waals surface area contributed by atoms with Crippen LogP contribution in [0.5, 0.6) is 0 Å². The number of thiazole rings is 1. The van der Waals surface area contributed by atoms with Crippen LogP contribution in [0.4, 0.5) is 0 Å². The lowest BCUT2D eigenvalue weighted by molar-refractivity contribution is -0.136. The molecule has 7 heteroatoms. The van der Waals surface area contributed by atoms with Crippen molar-refractivity contribution in [3.8, 4) is 21.3 Å². The molecule has 0 spiro atoms. The molecule has 20 heavy (non-hydrogen) atoms. The van der Waals surface area contributed by atoms with Crippen molar-refractivity contribution >= 4 is 28.6 Å². The predicted octanol–water partition coefficient (Wildman–Crippen LogP) is 2.90. The van der Waals surface area contributed by atoms with E-state index < -0.39 is 5.97 Å². The Bertz CT molecular complexity index is 757. The van der Waals surface area contributed by atoms with Crippen molar-refractivity contribution in [2.24, 2.45) is 7.05 Å². The molecule has 0 aliphatic carbocycles. The first-order chi connectivity index (χ1) is 9.63. The van der Waals surface area contributed by atoms with Crippen molar-refractivity contribution in [3.05, 3.63) is 34.9 Å². The summed E-state index contributed by atoms with van der Waals surface area (Å²) in [6.45, 7) is 0. The highest BCUT2D eigenvalue weighted by atomic mass is 32.1. The highest BCUT2D eigenvalue weighted by molar-refractivity contribution is 7.16. The Balaban J connectivity index is 1.88. The molecule has 0 aliphatic heterocycles. The molecule has 0 radical (unpaired) electrons. The Hall–Kier alpha value is -1.99. The first kappa shape index (κ1) is 13.0. The third kappa shape index (κ3) is 2.50. The summed E-state index contributed by atoms with van der Waals surface area (Å²) in [5.74, 6) is -0.813. The maximum absolute atomic E-state index is 10.7. The molecule has 0 amide bonds. The third-order valence-electron chi connectivity index (χ3n) is 2.78. The number of nitrogens with zero attached hydrogens (tertiary/aromatic N) is 3. The average Bonchev–Trinajstić information content (AvgIpc) is 3.07. The van der Waals surface area contributed by atoms with Crippen molar-refractivity contribution in [1.82, 2.24) is 14.5 Å². The fourth-order valence-corrected chi connectivity index (χ4v) is 3.73. The van der Waals surface area contributed by atoms with Gasteiger partial charge in [0.2, 0.25) is 0 Å². The predicted molar refractivity (Wildman–Crippen MR) is 79.0 cm³/mol. The van der Waals surface area contributed by atoms with Crippen LogP contribution in [0, 0.1) is 0 Å². The van der Waals surface area contributed by atoms with Crippen LogP contribution in [0.25, 0.3) is 21.3 Å². The van der Waals surface area contributed by atoms with Crippen molar-refractivity contribution in [2.75, 3.05) is 0 Å². The van der Waals surface area contributed by atoms with Crippen molar-refractivity contribution in [3.63, 3.8) is 0 Å². The second kappa shape index (κ2) is 5.18. The van der Waals surface area contributed by atoms with Gasteiger partial charge in [0, 0.05) is 17.3 Å². The van der Waals surface area contributed by atoms with Gasteiger partial charge in [-0.05, 0) is 12.1 Å². The van der Waals surface area contributed by atoms with Crippen LogP contribution in [0.15, 0.2) is 30.0 Å². The van der Waals surface area contributed by atoms with Gasteiger partial charge < -0.3 is 9.67 Å². The topological polar surface area (TPSA) is 68.0 Å². The van der Waals surface area contributed by atoms with Gasteiger partial charge in [-0.15, -0.1) is 22.7 Å². The molecule has 0 aromatic carbocycles. The molecule has 3 heterocycles. The van der Waals surface area contributed by atoms with E-state index in [0.717, 1.165) is 26.1 Å². The lowest BCUT2D eigenvalue weighted by Crippen LogP contribution is -1.96. The highest BCUT2D eigenvalue weighted by Gasteiger charge is 2.12. The summed E-state index contributed by atoms with van der Waals surface area (Å²) in [5.41, 5.74) is 1.86. The van der Waals surface area contributed by atoms with Crippen LogP contribution in [0.3, 0.4) is 0 Å². The van der Waals surface area contributed by atoms with Crippen LogP contribution < -0.4 is 0 Å². The van der Waals surface area contributed by atoms with Crippen LogP contribution in [-0.2, 0) is 18.3 Å². The molecule has 0 saturated carbocycles. The van der Waals surface area contributed by atoms with Gasteiger partial charge in [0.15, 0.2) is 0 Å². The molecule has 102 valence electrons. The minimum absolute atomic E-state index is 0.0589. The SMILES string of the molecule is Cn1cncc1-c1nc(-c2ccc(CC(=O)O)s2)cs1. The van der Waals surface area contributed by atoms with E-state index in [0.29, 0.717) is 0 Å². The standard InChI is InChI=1S/C13H11N3O2S2/c1-16-7-14-5-10(16)13-15-9(6-19-13)11-3-2-8(20-11)4-12(17)18/h2-3,5-7H,4H2,1H3,(H,17,18). The number of aryl methyl sites for hydroxylation is 1. The molecule has 0 fully saturated rings. The van der Waals surface area contributed by atoms with Crippen LogP contribution >= 0.6 is 22.7 Å². The van der Waals surface area contributed by atoms with E-state index in [4.69, 9.17) is 5.11 Å². The van der Waals surface area contributed by atoms with E-state index in [9.17, 15) is 4.79 Å². The average molecular weight is 305 g/mol. The van der Waals surface area contributed by atoms with Crippen LogP contribution in [0.1, 0.15) is 4.88 Å². The van der Waals surface area contributed by atoms with Crippen LogP contribution in [-0.4, -0.2) is 25.6 Å². The molecule has 3 rings (SSSR count). The van der Waals surface area contributed by atoms with Crippen LogP contribution in [0.2, 0.25) is 0 Å². The van der Waals surface area contributed by atoms with Gasteiger partial charge >= 0.3 is 5.97 Å². The smallest absolute Gasteiger partial charge is 0.308 e. The lowest BCUT2D eigenvalue weighted by atomic mass is 10.3. The zero-order chi connectivity index (χ0) is 14.1. The van der Waals surface area contributed by atoms with Crippen molar-refractivity contribution in [2.45, 2.75) is 6.42 Å². The summed E-state index contributed by atoms with van der Waals surface area (Å²) >= 11 is 3.03. The summed E-state index contributed by atoms with van der Waals surface area (Å²) < 4.78 is 1.92. The number of rotatable bonds is 4. The largest absolute Gasteiger partial charge is 0.481 e. The molecule has 0 atom stereocenters. The molecule has 1 N–H and O–H groups in total. The summed E-state index contributed by atoms with van der Waals surface area (Å²) in [6.07, 6.45) is 3.59. The monoisotopic (exact) mass is 305 g/mol. The zero-order valence-electron chi connectivity index (χ0n) is 10.6. The molecular formula is C13H11N3O2S2. The van der Waals surface area contributed by atoms with E-state index in [1.165, 1.54) is 11.3 Å². The van der Waals surface area contributed by atoms with E-state index in [2.05, 4.69) is 9.97 Å². The Labute approximate surface area is 123 Å². The Morgan fingerprint density at radius 1 is 1.45 bits per heavy atom. The zero-order valence-corrected chi connectivity index (χ0v) is 12.2. The third-order valence-corrected chi connectivity index (χ3v) is 4.75. The second-order valence-corrected chi connectivity index (χ2v) is 6.29. The number of aromatic nitrogens is 3. The minimum atomic E-state index is -0.813. The molecule has 3 aromatic heterocycles. The number of carboxylic acid groups (broad SMARTS) is 1. The number of aliphatic carboxylic acids is 1. The minimum Gasteiger partial charge on any atom is -0.481 e. The van der Waals surface area contributed by atoms with Gasteiger partial charge in [0.1, 0.15) is 5.01 Å². The maximum atomic E-state index is 10.7. The summed E-state index contributed by atoms with van der Waals surface area (Å²) in [4.78, 5) is 21.2. The number of hydrogen-bond acceptors (Lipinski definition) is 5. The molecule has 5 nitrogen and oxygen atoms in total. The second-order valence-electron chi connectivity index (χ2n) is 4.26. The van der Waals surface area contributed by atoms with E-state index in [-0.39, 0.29) is 6.42 Å². The first-order valence-electron chi connectivity index (χ1n) is 5.86. The van der Waals surface area contributed by atoms with Gasteiger partial charge in [-0.25, -0.2) is 9.97 Å². The van der Waals surface area contributed by atoms with E-state index >= 15 is 0 Å². The number of imidazole rings is 1. The molecule has 0 saturated heterocycles. The Kier molecular flexibility index (Phi) is 3.37. The van der Waals surface area contributed by atoms with Gasteiger partial charge in [-0.3, -0.25) is 4.79 Å². The molecular weight excluding hydrogens is 294 g/mol. The normalized spacial score (nSPS) is 10.8. The summed E-state index contributed by atoms with van der Waals surface area (Å²) in [6, 6.07) is 3.77. The van der Waals surface area contributed by atoms with Gasteiger partial charge in [0.25, 0.3) is 0 Å². The van der Waals surface area contributed by atoms with Crippen molar-refractivity contribution < 1.29 is 9.90 Å².